The Balaban J connectivity index is 2.88. The smallest absolute Gasteiger partial charge is 0.406 e. The molecule has 0 spiro atoms. The van der Waals surface area contributed by atoms with Crippen molar-refractivity contribution in [3.63, 3.8) is 0 Å². The van der Waals surface area contributed by atoms with Crippen LogP contribution in [0.15, 0.2) is 21.2 Å². The average Bonchev–Trinajstić information content (AvgIpc) is 2.59. The van der Waals surface area contributed by atoms with Crippen LogP contribution in [-0.2, 0) is 4.79 Å². The summed E-state index contributed by atoms with van der Waals surface area (Å²) >= 11 is 2.89. The number of carboxylic acid groups (broad SMARTS) is 1. The van der Waals surface area contributed by atoms with Crippen LogP contribution in [0.4, 0.5) is 13.2 Å². The van der Waals surface area contributed by atoms with Crippen molar-refractivity contribution in [2.45, 2.75) is 6.18 Å². The number of furan rings is 1. The Morgan fingerprint density at radius 1 is 1.39 bits per heavy atom. The van der Waals surface area contributed by atoms with Crippen LogP contribution in [0.5, 0.6) is 0 Å². The molecule has 100 valence electrons. The number of hydrogen-bond acceptors (Lipinski definition) is 3. The number of carbonyl (C=O) groups excluding carboxylic acids is 1. The lowest BCUT2D eigenvalue weighted by Crippen LogP contribution is -2.41. The third-order valence-corrected chi connectivity index (χ3v) is 2.19. The number of rotatable bonds is 4. The third-order valence-electron chi connectivity index (χ3n) is 1.77. The Morgan fingerprint density at radius 2 is 2.00 bits per heavy atom. The minimum Gasteiger partial charge on any atom is -0.480 e. The first-order valence-electron chi connectivity index (χ1n) is 4.52. The molecule has 0 saturated heterocycles. The van der Waals surface area contributed by atoms with Gasteiger partial charge in [0.25, 0.3) is 5.91 Å². The van der Waals surface area contributed by atoms with E-state index in [2.05, 4.69) is 15.9 Å². The quantitative estimate of drug-likeness (QED) is 0.918. The van der Waals surface area contributed by atoms with E-state index in [0.29, 0.717) is 0 Å². The zero-order chi connectivity index (χ0) is 13.9. The van der Waals surface area contributed by atoms with Crippen molar-refractivity contribution in [1.82, 2.24) is 4.90 Å². The first kappa shape index (κ1) is 14.6. The van der Waals surface area contributed by atoms with E-state index < -0.39 is 31.1 Å². The Bertz CT molecular complexity index is 457. The first-order chi connectivity index (χ1) is 8.19. The van der Waals surface area contributed by atoms with Gasteiger partial charge in [-0.05, 0) is 28.1 Å². The van der Waals surface area contributed by atoms with Gasteiger partial charge in [0.2, 0.25) is 0 Å². The van der Waals surface area contributed by atoms with Crippen LogP contribution >= 0.6 is 15.9 Å². The molecule has 5 nitrogen and oxygen atoms in total. The summed E-state index contributed by atoms with van der Waals surface area (Å²) in [7, 11) is 0. The van der Waals surface area contributed by atoms with E-state index in [1.165, 1.54) is 6.07 Å². The molecule has 1 aromatic rings. The van der Waals surface area contributed by atoms with Crippen molar-refractivity contribution in [3.8, 4) is 0 Å². The summed E-state index contributed by atoms with van der Waals surface area (Å²) in [6, 6.07) is 2.47. The summed E-state index contributed by atoms with van der Waals surface area (Å²) in [5.41, 5.74) is 0. The highest BCUT2D eigenvalue weighted by Crippen LogP contribution is 2.20. The predicted octanol–water partition coefficient (Wildman–Crippen LogP) is 2.13. The lowest BCUT2D eigenvalue weighted by Gasteiger charge is -2.20. The van der Waals surface area contributed by atoms with Crippen LogP contribution < -0.4 is 0 Å². The molecule has 0 aromatic carbocycles. The lowest BCUT2D eigenvalue weighted by molar-refractivity contribution is -0.149. The van der Waals surface area contributed by atoms with Gasteiger partial charge in [0.1, 0.15) is 13.1 Å². The molecule has 1 N–H and O–H groups in total. The minimum absolute atomic E-state index is 0.146. The molecule has 0 unspecified atom stereocenters. The monoisotopic (exact) mass is 329 g/mol. The molecule has 0 aliphatic rings. The van der Waals surface area contributed by atoms with E-state index in [4.69, 9.17) is 9.52 Å². The normalized spacial score (nSPS) is 11.3. The molecule has 0 atom stereocenters. The van der Waals surface area contributed by atoms with Gasteiger partial charge in [0, 0.05) is 0 Å². The summed E-state index contributed by atoms with van der Waals surface area (Å²) in [6.45, 7) is -2.72. The summed E-state index contributed by atoms with van der Waals surface area (Å²) in [6.07, 6.45) is -4.69. The standard InChI is InChI=1S/C9H7BrF3NO4/c10-6-2-1-5(18-6)8(17)14(3-7(15)16)4-9(11,12)13/h1-2H,3-4H2,(H,15,16). The molecule has 0 bridgehead atoms. The predicted molar refractivity (Wildman–Crippen MR) is 56.0 cm³/mol. The zero-order valence-corrected chi connectivity index (χ0v) is 10.3. The van der Waals surface area contributed by atoms with Crippen molar-refractivity contribution in [3.05, 3.63) is 22.6 Å². The highest BCUT2D eigenvalue weighted by Gasteiger charge is 2.35. The van der Waals surface area contributed by atoms with Gasteiger partial charge < -0.3 is 14.4 Å². The Morgan fingerprint density at radius 3 is 2.39 bits per heavy atom. The molecule has 0 aliphatic carbocycles. The van der Waals surface area contributed by atoms with Crippen molar-refractivity contribution >= 4 is 27.8 Å². The van der Waals surface area contributed by atoms with Gasteiger partial charge in [-0.1, -0.05) is 0 Å². The van der Waals surface area contributed by atoms with Gasteiger partial charge in [-0.2, -0.15) is 13.2 Å². The van der Waals surface area contributed by atoms with E-state index in [9.17, 15) is 22.8 Å². The molecule has 0 fully saturated rings. The first-order valence-corrected chi connectivity index (χ1v) is 5.31. The van der Waals surface area contributed by atoms with E-state index >= 15 is 0 Å². The molecule has 0 aliphatic heterocycles. The number of hydrogen-bond donors (Lipinski definition) is 1. The van der Waals surface area contributed by atoms with Gasteiger partial charge in [-0.3, -0.25) is 9.59 Å². The molecular weight excluding hydrogens is 323 g/mol. The fraction of sp³-hybridized carbons (Fsp3) is 0.333. The van der Waals surface area contributed by atoms with Crippen molar-refractivity contribution in [2.24, 2.45) is 0 Å². The van der Waals surface area contributed by atoms with Crippen LogP contribution in [0.1, 0.15) is 10.6 Å². The van der Waals surface area contributed by atoms with Crippen LogP contribution in [0, 0.1) is 0 Å². The second-order valence-electron chi connectivity index (χ2n) is 3.27. The Hall–Kier alpha value is -1.51. The van der Waals surface area contributed by atoms with Crippen molar-refractivity contribution < 1.29 is 32.3 Å². The van der Waals surface area contributed by atoms with Gasteiger partial charge in [-0.25, -0.2) is 0 Å². The van der Waals surface area contributed by atoms with Gasteiger partial charge in [0.15, 0.2) is 10.4 Å². The molecule has 1 heterocycles. The Labute approximate surface area is 107 Å². The third kappa shape index (κ3) is 4.40. The minimum atomic E-state index is -4.69. The number of aliphatic carboxylic acids is 1. The van der Waals surface area contributed by atoms with Crippen LogP contribution in [-0.4, -0.2) is 41.1 Å². The highest BCUT2D eigenvalue weighted by atomic mass is 79.9. The second kappa shape index (κ2) is 5.42. The van der Waals surface area contributed by atoms with Crippen LogP contribution in [0.25, 0.3) is 0 Å². The summed E-state index contributed by atoms with van der Waals surface area (Å²) in [5, 5.41) is 8.48. The fourth-order valence-electron chi connectivity index (χ4n) is 1.16. The van der Waals surface area contributed by atoms with Crippen molar-refractivity contribution in [1.29, 1.82) is 0 Å². The van der Waals surface area contributed by atoms with Gasteiger partial charge in [0.05, 0.1) is 0 Å². The zero-order valence-electron chi connectivity index (χ0n) is 8.70. The van der Waals surface area contributed by atoms with Crippen LogP contribution in [0.3, 0.4) is 0 Å². The van der Waals surface area contributed by atoms with Gasteiger partial charge >= 0.3 is 12.1 Å². The SMILES string of the molecule is O=C(O)CN(CC(F)(F)F)C(=O)c1ccc(Br)o1. The molecule has 0 radical (unpaired) electrons. The highest BCUT2D eigenvalue weighted by molar-refractivity contribution is 9.10. The summed E-state index contributed by atoms with van der Waals surface area (Å²) in [4.78, 5) is 22.2. The largest absolute Gasteiger partial charge is 0.480 e. The van der Waals surface area contributed by atoms with E-state index in [0.717, 1.165) is 6.07 Å². The van der Waals surface area contributed by atoms with E-state index in [1.54, 1.807) is 0 Å². The Kier molecular flexibility index (Phi) is 4.38. The molecule has 9 heteroatoms. The summed E-state index contributed by atoms with van der Waals surface area (Å²) < 4.78 is 41.6. The number of halogens is 4. The van der Waals surface area contributed by atoms with Crippen LogP contribution in [0.2, 0.25) is 0 Å². The fourth-order valence-corrected chi connectivity index (χ4v) is 1.47. The molecule has 0 saturated carbocycles. The second-order valence-corrected chi connectivity index (χ2v) is 4.06. The lowest BCUT2D eigenvalue weighted by atomic mass is 10.3. The van der Waals surface area contributed by atoms with E-state index in [1.807, 2.05) is 0 Å². The maximum atomic E-state index is 12.2. The molecule has 18 heavy (non-hydrogen) atoms. The number of carboxylic acids is 1. The number of amides is 1. The van der Waals surface area contributed by atoms with Gasteiger partial charge in [-0.15, -0.1) is 0 Å². The maximum absolute atomic E-state index is 12.2. The number of nitrogens with zero attached hydrogens (tertiary/aromatic N) is 1. The average molecular weight is 330 g/mol. The maximum Gasteiger partial charge on any atom is 0.406 e. The van der Waals surface area contributed by atoms with E-state index in [-0.39, 0.29) is 15.3 Å². The van der Waals surface area contributed by atoms with Crippen molar-refractivity contribution in [2.75, 3.05) is 13.1 Å². The molecule has 1 rings (SSSR count). The molecule has 1 aromatic heterocycles. The topological polar surface area (TPSA) is 70.8 Å². The number of carbonyl (C=O) groups is 2. The molecule has 1 amide bonds. The number of alkyl halides is 3. The molecular formula is C9H7BrF3NO4. The summed E-state index contributed by atoms with van der Waals surface area (Å²) in [5.74, 6) is -3.05.